The van der Waals surface area contributed by atoms with Gasteiger partial charge in [-0.2, -0.15) is 0 Å². The van der Waals surface area contributed by atoms with Crippen molar-refractivity contribution < 1.29 is 4.79 Å². The second kappa shape index (κ2) is 7.08. The number of piperidine rings is 1. The molecule has 3 heteroatoms. The van der Waals surface area contributed by atoms with E-state index in [4.69, 9.17) is 0 Å². The van der Waals surface area contributed by atoms with E-state index in [0.717, 1.165) is 25.8 Å². The Bertz CT molecular complexity index is 453. The van der Waals surface area contributed by atoms with Gasteiger partial charge in [0.2, 0.25) is 5.91 Å². The summed E-state index contributed by atoms with van der Waals surface area (Å²) in [5.74, 6) is 0.154. The lowest BCUT2D eigenvalue weighted by Crippen LogP contribution is -2.47. The van der Waals surface area contributed by atoms with Gasteiger partial charge in [-0.15, -0.1) is 0 Å². The highest BCUT2D eigenvalue weighted by Gasteiger charge is 2.19. The predicted molar refractivity (Wildman–Crippen MR) is 87.5 cm³/mol. The summed E-state index contributed by atoms with van der Waals surface area (Å²) in [7, 11) is 0. The van der Waals surface area contributed by atoms with Crippen LogP contribution in [-0.2, 0) is 16.6 Å². The smallest absolute Gasteiger partial charge is 0.237 e. The zero-order valence-corrected chi connectivity index (χ0v) is 13.5. The highest BCUT2D eigenvalue weighted by Crippen LogP contribution is 2.22. The molecule has 3 nitrogen and oxygen atoms in total. The van der Waals surface area contributed by atoms with Crippen molar-refractivity contribution >= 4 is 5.91 Å². The number of amides is 1. The van der Waals surface area contributed by atoms with E-state index >= 15 is 0 Å². The van der Waals surface area contributed by atoms with Gasteiger partial charge in [0.15, 0.2) is 0 Å². The van der Waals surface area contributed by atoms with E-state index in [1.807, 2.05) is 0 Å². The van der Waals surface area contributed by atoms with Gasteiger partial charge in [-0.25, -0.2) is 0 Å². The molecule has 116 valence electrons. The summed E-state index contributed by atoms with van der Waals surface area (Å²) in [6, 6.07) is 8.75. The van der Waals surface area contributed by atoms with Crippen molar-refractivity contribution in [3.63, 3.8) is 0 Å². The maximum Gasteiger partial charge on any atom is 0.237 e. The highest BCUT2D eigenvalue weighted by molar-refractivity contribution is 5.81. The third-order valence-corrected chi connectivity index (χ3v) is 4.16. The van der Waals surface area contributed by atoms with Gasteiger partial charge in [-0.3, -0.25) is 4.79 Å². The molecule has 0 aliphatic carbocycles. The molecule has 1 aliphatic heterocycles. The van der Waals surface area contributed by atoms with Crippen LogP contribution in [0.2, 0.25) is 0 Å². The summed E-state index contributed by atoms with van der Waals surface area (Å²) in [6.07, 6.45) is 4.19. The quantitative estimate of drug-likeness (QED) is 0.894. The first-order valence-electron chi connectivity index (χ1n) is 8.07. The predicted octanol–water partition coefficient (Wildman–Crippen LogP) is 2.78. The zero-order chi connectivity index (χ0) is 15.3. The Morgan fingerprint density at radius 3 is 2.52 bits per heavy atom. The minimum absolute atomic E-state index is 0.0158. The molecule has 2 N–H and O–H groups in total. The molecule has 1 amide bonds. The summed E-state index contributed by atoms with van der Waals surface area (Å²) in [5.41, 5.74) is 2.82. The van der Waals surface area contributed by atoms with Crippen LogP contribution in [0.15, 0.2) is 24.3 Å². The van der Waals surface area contributed by atoms with Crippen molar-refractivity contribution in [2.75, 3.05) is 13.1 Å². The lowest BCUT2D eigenvalue weighted by Gasteiger charge is -2.22. The van der Waals surface area contributed by atoms with Crippen LogP contribution in [-0.4, -0.2) is 25.0 Å². The molecule has 1 aromatic rings. The van der Waals surface area contributed by atoms with Gasteiger partial charge in [-0.05, 0) is 42.3 Å². The summed E-state index contributed by atoms with van der Waals surface area (Å²) in [5, 5.41) is 6.32. The van der Waals surface area contributed by atoms with E-state index in [2.05, 4.69) is 55.7 Å². The van der Waals surface area contributed by atoms with Crippen LogP contribution < -0.4 is 10.6 Å². The number of carbonyl (C=O) groups excluding carboxylic acids is 1. The van der Waals surface area contributed by atoms with Crippen LogP contribution in [0.4, 0.5) is 0 Å². The molecular weight excluding hydrogens is 260 g/mol. The molecule has 1 atom stereocenters. The first-order valence-corrected chi connectivity index (χ1v) is 8.07. The van der Waals surface area contributed by atoms with Gasteiger partial charge < -0.3 is 10.6 Å². The molecule has 0 bridgehead atoms. The largest absolute Gasteiger partial charge is 0.354 e. The fourth-order valence-corrected chi connectivity index (χ4v) is 2.70. The van der Waals surface area contributed by atoms with Crippen LogP contribution in [0.3, 0.4) is 0 Å². The van der Waals surface area contributed by atoms with Gasteiger partial charge in [0.1, 0.15) is 0 Å². The fraction of sp³-hybridized carbons (Fsp3) is 0.611. The summed E-state index contributed by atoms with van der Waals surface area (Å²) >= 11 is 0. The average Bonchev–Trinajstić information content (AvgIpc) is 2.47. The Hall–Kier alpha value is -1.35. The summed E-state index contributed by atoms with van der Waals surface area (Å²) in [6.45, 7) is 8.34. The molecule has 1 aliphatic rings. The first kappa shape index (κ1) is 16.0. The Morgan fingerprint density at radius 1 is 1.24 bits per heavy atom. The average molecular weight is 288 g/mol. The molecule has 1 unspecified atom stereocenters. The molecule has 2 rings (SSSR count). The topological polar surface area (TPSA) is 41.1 Å². The van der Waals surface area contributed by atoms with E-state index in [-0.39, 0.29) is 17.4 Å². The number of rotatable bonds is 4. The number of benzene rings is 1. The Labute approximate surface area is 128 Å². The van der Waals surface area contributed by atoms with Crippen molar-refractivity contribution in [1.29, 1.82) is 0 Å². The van der Waals surface area contributed by atoms with E-state index in [1.165, 1.54) is 17.5 Å². The molecule has 21 heavy (non-hydrogen) atoms. The molecule has 0 spiro atoms. The van der Waals surface area contributed by atoms with Crippen molar-refractivity contribution in [2.24, 2.45) is 0 Å². The van der Waals surface area contributed by atoms with Crippen molar-refractivity contribution in [1.82, 2.24) is 10.6 Å². The van der Waals surface area contributed by atoms with Gasteiger partial charge >= 0.3 is 0 Å². The number of hydrogen-bond donors (Lipinski definition) is 2. The number of carbonyl (C=O) groups is 1. The van der Waals surface area contributed by atoms with Crippen LogP contribution in [0.5, 0.6) is 0 Å². The molecule has 0 radical (unpaired) electrons. The lowest BCUT2D eigenvalue weighted by atomic mass is 9.86. The van der Waals surface area contributed by atoms with E-state index in [9.17, 15) is 4.79 Å². The summed E-state index contributed by atoms with van der Waals surface area (Å²) in [4.78, 5) is 12.0. The minimum Gasteiger partial charge on any atom is -0.354 e. The lowest BCUT2D eigenvalue weighted by molar-refractivity contribution is -0.123. The molecule has 1 aromatic carbocycles. The van der Waals surface area contributed by atoms with Gasteiger partial charge in [0, 0.05) is 6.54 Å². The Morgan fingerprint density at radius 2 is 1.95 bits per heavy atom. The van der Waals surface area contributed by atoms with Crippen LogP contribution in [0.1, 0.15) is 51.2 Å². The van der Waals surface area contributed by atoms with E-state index in [1.54, 1.807) is 0 Å². The van der Waals surface area contributed by atoms with Gasteiger partial charge in [0.25, 0.3) is 0 Å². The van der Waals surface area contributed by atoms with Crippen molar-refractivity contribution in [3.05, 3.63) is 35.4 Å². The second-order valence-corrected chi connectivity index (χ2v) is 6.99. The first-order chi connectivity index (χ1) is 9.97. The second-order valence-electron chi connectivity index (χ2n) is 6.99. The van der Waals surface area contributed by atoms with E-state index < -0.39 is 0 Å². The van der Waals surface area contributed by atoms with E-state index in [0.29, 0.717) is 6.54 Å². The standard InChI is InChI=1S/C18H28N2O/c1-18(2,3)15-9-7-14(8-10-15)11-13-20-17(21)16-6-4-5-12-19-16/h7-10,16,19H,4-6,11-13H2,1-3H3,(H,20,21). The monoisotopic (exact) mass is 288 g/mol. The third-order valence-electron chi connectivity index (χ3n) is 4.16. The molecular formula is C18H28N2O. The van der Waals surface area contributed by atoms with Crippen molar-refractivity contribution in [2.45, 2.75) is 57.9 Å². The fourth-order valence-electron chi connectivity index (χ4n) is 2.70. The SMILES string of the molecule is CC(C)(C)c1ccc(CCNC(=O)C2CCCCN2)cc1. The maximum atomic E-state index is 12.0. The summed E-state index contributed by atoms with van der Waals surface area (Å²) < 4.78 is 0. The van der Waals surface area contributed by atoms with Crippen LogP contribution >= 0.6 is 0 Å². The highest BCUT2D eigenvalue weighted by atomic mass is 16.2. The van der Waals surface area contributed by atoms with Gasteiger partial charge in [-0.1, -0.05) is 51.5 Å². The van der Waals surface area contributed by atoms with Crippen LogP contribution in [0.25, 0.3) is 0 Å². The number of hydrogen-bond acceptors (Lipinski definition) is 2. The molecule has 1 heterocycles. The molecule has 1 saturated heterocycles. The van der Waals surface area contributed by atoms with Crippen molar-refractivity contribution in [3.8, 4) is 0 Å². The number of nitrogens with one attached hydrogen (secondary N) is 2. The Balaban J connectivity index is 1.76. The maximum absolute atomic E-state index is 12.0. The molecule has 1 fully saturated rings. The van der Waals surface area contributed by atoms with Crippen LogP contribution in [0, 0.1) is 0 Å². The Kier molecular flexibility index (Phi) is 5.40. The zero-order valence-electron chi connectivity index (χ0n) is 13.5. The normalized spacial score (nSPS) is 19.3. The molecule has 0 saturated carbocycles. The molecule has 0 aromatic heterocycles. The van der Waals surface area contributed by atoms with Gasteiger partial charge in [0.05, 0.1) is 6.04 Å². The minimum atomic E-state index is 0.0158. The third kappa shape index (κ3) is 4.85.